The second kappa shape index (κ2) is 14.2. The Hall–Kier alpha value is -6.01. The molecular weight excluding hydrogens is 614 g/mol. The molecule has 0 radical (unpaired) electrons. The van der Waals surface area contributed by atoms with Gasteiger partial charge in [0.15, 0.2) is 17.1 Å². The molecule has 1 aliphatic heterocycles. The molecule has 0 N–H and O–H groups in total. The molecule has 1 atom stereocenters. The van der Waals surface area contributed by atoms with Gasteiger partial charge < -0.3 is 24.0 Å². The van der Waals surface area contributed by atoms with Crippen LogP contribution in [0.4, 0.5) is 29.0 Å². The molecule has 15 heteroatoms. The van der Waals surface area contributed by atoms with Crippen LogP contribution in [0, 0.1) is 11.3 Å². The number of carbonyl (C=O) groups excluding carboxylic acids is 1. The average Bonchev–Trinajstić information content (AvgIpc) is 3.76. The number of nitriles is 1. The molecule has 6 rings (SSSR count). The van der Waals surface area contributed by atoms with E-state index >= 15 is 0 Å². The summed E-state index contributed by atoms with van der Waals surface area (Å²) in [6, 6.07) is 13.2. The van der Waals surface area contributed by atoms with Crippen molar-refractivity contribution in [1.29, 1.82) is 5.26 Å². The lowest BCUT2D eigenvalue weighted by atomic mass is 10.1. The van der Waals surface area contributed by atoms with E-state index in [0.29, 0.717) is 24.1 Å². The number of esters is 1. The minimum absolute atomic E-state index is 0.0766. The molecule has 0 saturated carbocycles. The van der Waals surface area contributed by atoms with Gasteiger partial charge in [-0.3, -0.25) is 14.8 Å². The topological polar surface area (TPSA) is 169 Å². The van der Waals surface area contributed by atoms with Crippen molar-refractivity contribution in [3.8, 4) is 23.5 Å². The molecule has 4 aromatic heterocycles. The molecule has 0 amide bonds. The molecule has 48 heavy (non-hydrogen) atoms. The molecule has 15 nitrogen and oxygen atoms in total. The van der Waals surface area contributed by atoms with E-state index in [0.717, 1.165) is 42.4 Å². The lowest BCUT2D eigenvalue weighted by Gasteiger charge is -2.30. The summed E-state index contributed by atoms with van der Waals surface area (Å²) in [5.74, 6) is 0.255. The standard InChI is InChI=1S/C33H33N11O4/c1-21(20-46-3)43(24-11-13-35-14-12-24)33-37-30(42-15-7-8-16-42)28(31(38-33)47-4)39-40-29-26(17-34)32(48-22(2)45)44(41-29)27-19-36-18-23-9-5-6-10-25(23)27/h5-6,9-14,18-19,21H,7-8,15-16,20H2,1-4H3. The molecule has 0 bridgehead atoms. The molecule has 1 saturated heterocycles. The number of anilines is 3. The summed E-state index contributed by atoms with van der Waals surface area (Å²) in [6.45, 7) is 5.15. The van der Waals surface area contributed by atoms with Gasteiger partial charge in [-0.1, -0.05) is 24.3 Å². The first kappa shape index (κ1) is 32.0. The number of methoxy groups -OCH3 is 2. The predicted octanol–water partition coefficient (Wildman–Crippen LogP) is 5.60. The second-order valence-corrected chi connectivity index (χ2v) is 11.0. The Labute approximate surface area is 276 Å². The van der Waals surface area contributed by atoms with Gasteiger partial charge in [-0.2, -0.15) is 19.9 Å². The third-order valence-corrected chi connectivity index (χ3v) is 7.72. The first-order valence-electron chi connectivity index (χ1n) is 15.3. The monoisotopic (exact) mass is 647 g/mol. The molecule has 1 fully saturated rings. The first-order valence-corrected chi connectivity index (χ1v) is 15.3. The van der Waals surface area contributed by atoms with E-state index in [2.05, 4.69) is 36.3 Å². The van der Waals surface area contributed by atoms with Crippen LogP contribution in [0.25, 0.3) is 16.5 Å². The summed E-state index contributed by atoms with van der Waals surface area (Å²) in [7, 11) is 3.14. The number of hydrogen-bond acceptors (Lipinski definition) is 14. The number of azo groups is 1. The van der Waals surface area contributed by atoms with Crippen molar-refractivity contribution >= 4 is 45.7 Å². The molecule has 0 spiro atoms. The quantitative estimate of drug-likeness (QED) is 0.129. The van der Waals surface area contributed by atoms with Crippen LogP contribution in [0.15, 0.2) is 71.4 Å². The zero-order valence-corrected chi connectivity index (χ0v) is 26.9. The maximum absolute atomic E-state index is 12.2. The van der Waals surface area contributed by atoms with Crippen molar-refractivity contribution in [2.24, 2.45) is 10.2 Å². The van der Waals surface area contributed by atoms with Crippen LogP contribution in [0.1, 0.15) is 32.3 Å². The van der Waals surface area contributed by atoms with E-state index in [-0.39, 0.29) is 34.9 Å². The van der Waals surface area contributed by atoms with Gasteiger partial charge in [0.2, 0.25) is 23.5 Å². The Morgan fingerprint density at radius 3 is 2.54 bits per heavy atom. The summed E-state index contributed by atoms with van der Waals surface area (Å²) in [5.41, 5.74) is 1.49. The number of ether oxygens (including phenoxy) is 3. The van der Waals surface area contributed by atoms with E-state index in [4.69, 9.17) is 24.2 Å². The average molecular weight is 648 g/mol. The van der Waals surface area contributed by atoms with E-state index in [1.165, 1.54) is 18.7 Å². The van der Waals surface area contributed by atoms with E-state index < -0.39 is 5.97 Å². The maximum Gasteiger partial charge on any atom is 0.309 e. The fourth-order valence-electron chi connectivity index (χ4n) is 5.61. The summed E-state index contributed by atoms with van der Waals surface area (Å²) in [5, 5.41) is 25.4. The van der Waals surface area contributed by atoms with Crippen LogP contribution in [0.2, 0.25) is 0 Å². The maximum atomic E-state index is 12.2. The summed E-state index contributed by atoms with van der Waals surface area (Å²) >= 11 is 0. The Morgan fingerprint density at radius 2 is 1.83 bits per heavy atom. The summed E-state index contributed by atoms with van der Waals surface area (Å²) in [4.78, 5) is 34.5. The Kier molecular flexibility index (Phi) is 9.44. The van der Waals surface area contributed by atoms with Crippen LogP contribution in [0.5, 0.6) is 11.8 Å². The highest BCUT2D eigenvalue weighted by molar-refractivity contribution is 5.89. The third-order valence-electron chi connectivity index (χ3n) is 7.72. The highest BCUT2D eigenvalue weighted by Crippen LogP contribution is 2.41. The number of benzene rings is 1. The Bertz CT molecular complexity index is 2000. The number of fused-ring (bicyclic) bond motifs is 1. The van der Waals surface area contributed by atoms with Gasteiger partial charge in [-0.05, 0) is 31.9 Å². The molecule has 1 aliphatic rings. The molecular formula is C33H33N11O4. The van der Waals surface area contributed by atoms with Crippen molar-refractivity contribution in [2.45, 2.75) is 32.7 Å². The van der Waals surface area contributed by atoms with Gasteiger partial charge in [-0.15, -0.1) is 15.3 Å². The smallest absolute Gasteiger partial charge is 0.309 e. The first-order chi connectivity index (χ1) is 23.4. The Balaban J connectivity index is 1.50. The van der Waals surface area contributed by atoms with Gasteiger partial charge in [-0.25, -0.2) is 0 Å². The minimum atomic E-state index is -0.632. The highest BCUT2D eigenvalue weighted by Gasteiger charge is 2.29. The number of nitrogens with zero attached hydrogens (tertiary/aromatic N) is 11. The molecule has 1 aromatic carbocycles. The molecule has 1 unspecified atom stereocenters. The van der Waals surface area contributed by atoms with E-state index in [1.807, 2.05) is 48.2 Å². The normalized spacial score (nSPS) is 13.5. The zero-order valence-electron chi connectivity index (χ0n) is 26.9. The number of pyridine rings is 2. The third kappa shape index (κ3) is 6.33. The SMILES string of the molecule is COCC(C)N(c1ccncc1)c1nc(OC)c(N=Nc2nn(-c3cncc4ccccc34)c(OC(C)=O)c2C#N)c(N2CCCC2)n1. The lowest BCUT2D eigenvalue weighted by molar-refractivity contribution is -0.132. The predicted molar refractivity (Wildman–Crippen MR) is 177 cm³/mol. The van der Waals surface area contributed by atoms with Crippen molar-refractivity contribution in [1.82, 2.24) is 29.7 Å². The molecule has 5 aromatic rings. The van der Waals surface area contributed by atoms with Crippen molar-refractivity contribution in [3.05, 3.63) is 66.7 Å². The lowest BCUT2D eigenvalue weighted by Crippen LogP contribution is -2.34. The van der Waals surface area contributed by atoms with Crippen LogP contribution < -0.4 is 19.3 Å². The van der Waals surface area contributed by atoms with Crippen molar-refractivity contribution < 1.29 is 19.0 Å². The minimum Gasteiger partial charge on any atom is -0.479 e. The van der Waals surface area contributed by atoms with Crippen molar-refractivity contribution in [2.75, 3.05) is 43.7 Å². The largest absolute Gasteiger partial charge is 0.479 e. The summed E-state index contributed by atoms with van der Waals surface area (Å²) in [6.07, 6.45) is 8.63. The van der Waals surface area contributed by atoms with E-state index in [9.17, 15) is 10.1 Å². The molecule has 0 aliphatic carbocycles. The zero-order chi connectivity index (χ0) is 33.6. The molecule has 244 valence electrons. The number of aromatic nitrogens is 6. The van der Waals surface area contributed by atoms with Gasteiger partial charge in [0.25, 0.3) is 0 Å². The van der Waals surface area contributed by atoms with Gasteiger partial charge >= 0.3 is 5.97 Å². The van der Waals surface area contributed by atoms with Crippen molar-refractivity contribution in [3.63, 3.8) is 0 Å². The van der Waals surface area contributed by atoms with Crippen LogP contribution in [-0.4, -0.2) is 75.6 Å². The van der Waals surface area contributed by atoms with Crippen LogP contribution in [0.3, 0.4) is 0 Å². The van der Waals surface area contributed by atoms with Gasteiger partial charge in [0.1, 0.15) is 6.07 Å². The number of carbonyl (C=O) groups is 1. The van der Waals surface area contributed by atoms with Gasteiger partial charge in [0, 0.05) is 62.2 Å². The van der Waals surface area contributed by atoms with Crippen LogP contribution >= 0.6 is 0 Å². The number of rotatable bonds is 11. The van der Waals surface area contributed by atoms with Crippen LogP contribution in [-0.2, 0) is 9.53 Å². The fraction of sp³-hybridized carbons (Fsp3) is 0.303. The number of hydrogen-bond donors (Lipinski definition) is 0. The highest BCUT2D eigenvalue weighted by atomic mass is 16.5. The van der Waals surface area contributed by atoms with Gasteiger partial charge in [0.05, 0.1) is 31.6 Å². The summed E-state index contributed by atoms with van der Waals surface area (Å²) < 4.78 is 18.1. The molecule has 5 heterocycles. The second-order valence-electron chi connectivity index (χ2n) is 11.0. The fourth-order valence-corrected chi connectivity index (χ4v) is 5.61. The Morgan fingerprint density at radius 1 is 1.06 bits per heavy atom. The van der Waals surface area contributed by atoms with E-state index in [1.54, 1.807) is 31.9 Å².